The van der Waals surface area contributed by atoms with Crippen LogP contribution in [0.25, 0.3) is 0 Å². The van der Waals surface area contributed by atoms with Gasteiger partial charge in [0.25, 0.3) is 0 Å². The number of methoxy groups -OCH3 is 2. The van der Waals surface area contributed by atoms with Crippen LogP contribution in [0.1, 0.15) is 51.2 Å². The largest absolute Gasteiger partial charge is 0.465 e. The molecule has 2 aromatic rings. The summed E-state index contributed by atoms with van der Waals surface area (Å²) >= 11 is 0. The molecule has 2 rings (SSSR count). The molecule has 0 saturated carbocycles. The first-order valence-corrected chi connectivity index (χ1v) is 8.63. The maximum atomic E-state index is 12.4. The molecule has 0 aliphatic carbocycles. The van der Waals surface area contributed by atoms with Crippen LogP contribution in [0.4, 0.5) is 5.69 Å². The van der Waals surface area contributed by atoms with E-state index in [1.807, 2.05) is 31.2 Å². The van der Waals surface area contributed by atoms with Gasteiger partial charge in [-0.15, -0.1) is 0 Å². The lowest BCUT2D eigenvalue weighted by Gasteiger charge is -2.13. The van der Waals surface area contributed by atoms with Crippen molar-refractivity contribution in [1.29, 1.82) is 5.26 Å². The summed E-state index contributed by atoms with van der Waals surface area (Å²) in [5.41, 5.74) is 6.05. The van der Waals surface area contributed by atoms with Gasteiger partial charge in [0.05, 0.1) is 42.8 Å². The lowest BCUT2D eigenvalue weighted by atomic mass is 10.1. The standard InChI is InChI=1S/C20H23N3O4/c1-14-8-10-15(11-9-14)22-23-13-16(19(24)26-2)18(20(25)27-3)17(23)7-5-4-6-12-21/h8-11,13,22H,4-7H2,1-3H3. The molecule has 1 aromatic carbocycles. The monoisotopic (exact) mass is 369 g/mol. The fraction of sp³-hybridized carbons (Fsp3) is 0.350. The number of unbranched alkanes of at least 4 members (excludes halogenated alkanes) is 2. The highest BCUT2D eigenvalue weighted by atomic mass is 16.5. The smallest absolute Gasteiger partial charge is 0.340 e. The molecule has 0 atom stereocenters. The second kappa shape index (κ2) is 9.43. The molecule has 0 aliphatic heterocycles. The van der Waals surface area contributed by atoms with Gasteiger partial charge in [-0.05, 0) is 38.3 Å². The Balaban J connectivity index is 2.46. The van der Waals surface area contributed by atoms with E-state index < -0.39 is 11.9 Å². The van der Waals surface area contributed by atoms with Gasteiger partial charge in [0, 0.05) is 12.6 Å². The molecule has 0 bridgehead atoms. The van der Waals surface area contributed by atoms with Crippen LogP contribution in [0.5, 0.6) is 0 Å². The Kier molecular flexibility index (Phi) is 7.00. The van der Waals surface area contributed by atoms with Crippen molar-refractivity contribution in [2.24, 2.45) is 0 Å². The third kappa shape index (κ3) is 4.88. The predicted molar refractivity (Wildman–Crippen MR) is 100 cm³/mol. The fourth-order valence-corrected chi connectivity index (χ4v) is 2.75. The summed E-state index contributed by atoms with van der Waals surface area (Å²) in [6.45, 7) is 1.99. The van der Waals surface area contributed by atoms with E-state index in [0.29, 0.717) is 31.4 Å². The quantitative estimate of drug-likeness (QED) is 0.566. The number of anilines is 1. The number of esters is 2. The first-order valence-electron chi connectivity index (χ1n) is 8.63. The summed E-state index contributed by atoms with van der Waals surface area (Å²) < 4.78 is 11.3. The Hall–Kier alpha value is -3.27. The molecular weight excluding hydrogens is 346 g/mol. The number of carbonyl (C=O) groups excluding carboxylic acids is 2. The Bertz CT molecular complexity index is 847. The molecule has 1 N–H and O–H groups in total. The maximum absolute atomic E-state index is 12.4. The van der Waals surface area contributed by atoms with Gasteiger partial charge < -0.3 is 9.47 Å². The minimum absolute atomic E-state index is 0.138. The summed E-state index contributed by atoms with van der Waals surface area (Å²) in [6.07, 6.45) is 3.86. The number of aryl methyl sites for hydroxylation is 1. The maximum Gasteiger partial charge on any atom is 0.340 e. The molecular formula is C20H23N3O4. The normalized spacial score (nSPS) is 10.1. The first-order chi connectivity index (χ1) is 13.0. The first kappa shape index (κ1) is 20.0. The number of hydrogen-bond acceptors (Lipinski definition) is 6. The van der Waals surface area contributed by atoms with Crippen LogP contribution < -0.4 is 5.43 Å². The zero-order valence-electron chi connectivity index (χ0n) is 15.7. The van der Waals surface area contributed by atoms with Crippen molar-refractivity contribution < 1.29 is 19.1 Å². The summed E-state index contributed by atoms with van der Waals surface area (Å²) in [5, 5.41) is 8.72. The van der Waals surface area contributed by atoms with Gasteiger partial charge in [-0.3, -0.25) is 10.1 Å². The zero-order chi connectivity index (χ0) is 19.8. The van der Waals surface area contributed by atoms with Gasteiger partial charge in [-0.1, -0.05) is 17.7 Å². The predicted octanol–water partition coefficient (Wildman–Crippen LogP) is 3.48. The molecule has 0 saturated heterocycles. The van der Waals surface area contributed by atoms with Crippen molar-refractivity contribution >= 4 is 17.6 Å². The number of aromatic nitrogens is 1. The van der Waals surface area contributed by atoms with E-state index in [4.69, 9.17) is 14.7 Å². The average molecular weight is 369 g/mol. The topological polar surface area (TPSA) is 93.4 Å². The van der Waals surface area contributed by atoms with Crippen LogP contribution >= 0.6 is 0 Å². The summed E-state index contributed by atoms with van der Waals surface area (Å²) in [4.78, 5) is 24.5. The average Bonchev–Trinajstić information content (AvgIpc) is 3.04. The molecule has 7 nitrogen and oxygen atoms in total. The van der Waals surface area contributed by atoms with E-state index >= 15 is 0 Å². The van der Waals surface area contributed by atoms with Crippen molar-refractivity contribution in [3.05, 3.63) is 52.8 Å². The number of carbonyl (C=O) groups is 2. The number of nitriles is 1. The Morgan fingerprint density at radius 3 is 2.37 bits per heavy atom. The van der Waals surface area contributed by atoms with Gasteiger partial charge >= 0.3 is 11.9 Å². The second-order valence-corrected chi connectivity index (χ2v) is 6.06. The number of hydrogen-bond donors (Lipinski definition) is 1. The number of nitrogens with one attached hydrogen (secondary N) is 1. The van der Waals surface area contributed by atoms with Gasteiger partial charge in [-0.2, -0.15) is 5.26 Å². The second-order valence-electron chi connectivity index (χ2n) is 6.06. The van der Waals surface area contributed by atoms with Crippen LogP contribution in [0.3, 0.4) is 0 Å². The minimum Gasteiger partial charge on any atom is -0.465 e. The van der Waals surface area contributed by atoms with Crippen molar-refractivity contribution in [3.8, 4) is 6.07 Å². The van der Waals surface area contributed by atoms with E-state index in [-0.39, 0.29) is 11.1 Å². The SMILES string of the molecule is COC(=O)c1cn(Nc2ccc(C)cc2)c(CCCCC#N)c1C(=O)OC. The highest BCUT2D eigenvalue weighted by Gasteiger charge is 2.27. The number of nitrogens with zero attached hydrogens (tertiary/aromatic N) is 2. The highest BCUT2D eigenvalue weighted by molar-refractivity contribution is 6.04. The lowest BCUT2D eigenvalue weighted by Crippen LogP contribution is -2.15. The van der Waals surface area contributed by atoms with E-state index in [2.05, 4.69) is 11.5 Å². The molecule has 1 heterocycles. The molecule has 0 amide bonds. The Labute approximate surface area is 158 Å². The van der Waals surface area contributed by atoms with Crippen LogP contribution in [0, 0.1) is 18.3 Å². The van der Waals surface area contributed by atoms with Crippen molar-refractivity contribution in [2.75, 3.05) is 19.6 Å². The highest BCUT2D eigenvalue weighted by Crippen LogP contribution is 2.23. The third-order valence-electron chi connectivity index (χ3n) is 4.16. The van der Waals surface area contributed by atoms with E-state index in [1.165, 1.54) is 20.4 Å². The minimum atomic E-state index is -0.613. The number of ether oxygens (including phenoxy) is 2. The molecule has 27 heavy (non-hydrogen) atoms. The number of benzene rings is 1. The molecule has 0 unspecified atom stereocenters. The van der Waals surface area contributed by atoms with Gasteiger partial charge in [-0.25, -0.2) is 9.59 Å². The van der Waals surface area contributed by atoms with Crippen LogP contribution in [-0.2, 0) is 15.9 Å². The fourth-order valence-electron chi connectivity index (χ4n) is 2.75. The summed E-state index contributed by atoms with van der Waals surface area (Å²) in [5.74, 6) is -1.21. The molecule has 0 spiro atoms. The Morgan fingerprint density at radius 1 is 1.11 bits per heavy atom. The van der Waals surface area contributed by atoms with E-state index in [0.717, 1.165) is 11.3 Å². The van der Waals surface area contributed by atoms with Gasteiger partial charge in [0.1, 0.15) is 0 Å². The van der Waals surface area contributed by atoms with Crippen LogP contribution in [0.2, 0.25) is 0 Å². The van der Waals surface area contributed by atoms with Gasteiger partial charge in [0.2, 0.25) is 0 Å². The van der Waals surface area contributed by atoms with E-state index in [9.17, 15) is 9.59 Å². The van der Waals surface area contributed by atoms with Crippen molar-refractivity contribution in [3.63, 3.8) is 0 Å². The third-order valence-corrected chi connectivity index (χ3v) is 4.16. The molecule has 0 radical (unpaired) electrons. The summed E-state index contributed by atoms with van der Waals surface area (Å²) in [6, 6.07) is 9.84. The zero-order valence-corrected chi connectivity index (χ0v) is 15.7. The molecule has 0 fully saturated rings. The van der Waals surface area contributed by atoms with E-state index in [1.54, 1.807) is 4.68 Å². The summed E-state index contributed by atoms with van der Waals surface area (Å²) in [7, 11) is 2.54. The van der Waals surface area contributed by atoms with Crippen LogP contribution in [-0.4, -0.2) is 30.8 Å². The molecule has 0 aliphatic rings. The Morgan fingerprint density at radius 2 is 1.78 bits per heavy atom. The number of rotatable bonds is 8. The van der Waals surface area contributed by atoms with Crippen molar-refractivity contribution in [2.45, 2.75) is 32.6 Å². The molecule has 7 heteroatoms. The molecule has 142 valence electrons. The van der Waals surface area contributed by atoms with Crippen LogP contribution in [0.15, 0.2) is 30.5 Å². The lowest BCUT2D eigenvalue weighted by molar-refractivity contribution is 0.0555. The van der Waals surface area contributed by atoms with Crippen molar-refractivity contribution in [1.82, 2.24) is 4.68 Å². The van der Waals surface area contributed by atoms with Gasteiger partial charge in [0.15, 0.2) is 0 Å². The molecule has 1 aromatic heterocycles.